The molecule has 8 heteroatoms. The number of hydrogen-bond donors (Lipinski definition) is 0. The highest BCUT2D eigenvalue weighted by Gasteiger charge is 2.42. The summed E-state index contributed by atoms with van der Waals surface area (Å²) >= 11 is 0. The number of furan rings is 1. The predicted octanol–water partition coefficient (Wildman–Crippen LogP) is 5.26. The van der Waals surface area contributed by atoms with Gasteiger partial charge in [0.25, 0.3) is 0 Å². The minimum Gasteiger partial charge on any atom is -0.462 e. The molecule has 0 amide bonds. The van der Waals surface area contributed by atoms with Crippen molar-refractivity contribution in [1.82, 2.24) is 0 Å². The van der Waals surface area contributed by atoms with E-state index in [0.717, 1.165) is 5.57 Å². The predicted molar refractivity (Wildman–Crippen MR) is 108 cm³/mol. The molecule has 168 valence electrons. The van der Waals surface area contributed by atoms with Crippen molar-refractivity contribution in [2.45, 2.75) is 58.7 Å². The molecule has 2 heterocycles. The monoisotopic (exact) mass is 438 g/mol. The van der Waals surface area contributed by atoms with E-state index in [4.69, 9.17) is 9.15 Å². The molecule has 0 spiro atoms. The minimum atomic E-state index is -5.10. The molecule has 2 atom stereocenters. The molecule has 31 heavy (non-hydrogen) atoms. The molecule has 0 unspecified atom stereocenters. The summed E-state index contributed by atoms with van der Waals surface area (Å²) in [6.07, 6.45) is -3.51. The zero-order chi connectivity index (χ0) is 23.2. The number of esters is 2. The summed E-state index contributed by atoms with van der Waals surface area (Å²) in [6, 6.07) is 1.54. The Morgan fingerprint density at radius 1 is 1.32 bits per heavy atom. The first-order valence-corrected chi connectivity index (χ1v) is 9.89. The maximum absolute atomic E-state index is 12.6. The number of ether oxygens (including phenoxy) is 2. The van der Waals surface area contributed by atoms with Gasteiger partial charge >= 0.3 is 18.1 Å². The number of carbonyl (C=O) groups excluding carboxylic acids is 2. The molecule has 1 aromatic rings. The average Bonchev–Trinajstić information content (AvgIpc) is 3.05. The zero-order valence-electron chi connectivity index (χ0n) is 17.7. The molecule has 0 saturated carbocycles. The molecule has 2 rings (SSSR count). The van der Waals surface area contributed by atoms with Crippen molar-refractivity contribution in [2.75, 3.05) is 6.61 Å². The summed E-state index contributed by atoms with van der Waals surface area (Å²) in [4.78, 5) is 23.6. The van der Waals surface area contributed by atoms with Gasteiger partial charge in [-0.25, -0.2) is 9.59 Å². The number of rotatable bonds is 4. The summed E-state index contributed by atoms with van der Waals surface area (Å²) in [5.74, 6) is 3.38. The lowest BCUT2D eigenvalue weighted by atomic mass is 9.91. The summed E-state index contributed by atoms with van der Waals surface area (Å²) in [6.45, 7) is 9.39. The lowest BCUT2D eigenvalue weighted by Crippen LogP contribution is -2.29. The molecule has 0 aliphatic carbocycles. The molecule has 0 saturated heterocycles. The van der Waals surface area contributed by atoms with E-state index >= 15 is 0 Å². The summed E-state index contributed by atoms with van der Waals surface area (Å²) < 4.78 is 53.4. The van der Waals surface area contributed by atoms with Crippen LogP contribution >= 0.6 is 0 Å². The third-order valence-corrected chi connectivity index (χ3v) is 4.71. The SMILES string of the molecule is C=C(C)[C@H]1CCC#C[C@H](OC(=O)C(F)(F)F)C/C(C)=C\c2cc(C(=O)OCC)c(o2)C1. The fraction of sp³-hybridized carbons (Fsp3) is 0.478. The van der Waals surface area contributed by atoms with E-state index < -0.39 is 24.2 Å². The van der Waals surface area contributed by atoms with E-state index in [1.165, 1.54) is 0 Å². The van der Waals surface area contributed by atoms with Crippen LogP contribution in [-0.4, -0.2) is 30.8 Å². The van der Waals surface area contributed by atoms with Gasteiger partial charge in [0.1, 0.15) is 17.1 Å². The van der Waals surface area contributed by atoms with Crippen LogP contribution in [0.1, 0.15) is 61.9 Å². The van der Waals surface area contributed by atoms with Crippen LogP contribution in [0.3, 0.4) is 0 Å². The molecule has 0 N–H and O–H groups in total. The van der Waals surface area contributed by atoms with Gasteiger partial charge in [0.15, 0.2) is 6.10 Å². The third-order valence-electron chi connectivity index (χ3n) is 4.71. The van der Waals surface area contributed by atoms with Gasteiger partial charge in [-0.1, -0.05) is 29.6 Å². The Balaban J connectivity index is 2.42. The summed E-state index contributed by atoms with van der Waals surface area (Å²) in [7, 11) is 0. The topological polar surface area (TPSA) is 65.7 Å². The highest BCUT2D eigenvalue weighted by molar-refractivity contribution is 5.91. The van der Waals surface area contributed by atoms with E-state index in [0.29, 0.717) is 41.9 Å². The van der Waals surface area contributed by atoms with Gasteiger partial charge in [-0.15, -0.1) is 0 Å². The Morgan fingerprint density at radius 2 is 2.03 bits per heavy atom. The molecule has 0 fully saturated rings. The van der Waals surface area contributed by atoms with Crippen molar-refractivity contribution in [1.29, 1.82) is 0 Å². The lowest BCUT2D eigenvalue weighted by molar-refractivity contribution is -0.202. The first-order chi connectivity index (χ1) is 14.5. The van der Waals surface area contributed by atoms with E-state index in [2.05, 4.69) is 23.2 Å². The lowest BCUT2D eigenvalue weighted by Gasteiger charge is -2.15. The van der Waals surface area contributed by atoms with Crippen molar-refractivity contribution < 1.29 is 36.7 Å². The zero-order valence-corrected chi connectivity index (χ0v) is 17.7. The van der Waals surface area contributed by atoms with Gasteiger partial charge in [0.05, 0.1) is 6.61 Å². The molecule has 0 radical (unpaired) electrons. The Bertz CT molecular complexity index is 927. The number of hydrogen-bond acceptors (Lipinski definition) is 5. The van der Waals surface area contributed by atoms with E-state index in [9.17, 15) is 22.8 Å². The number of allylic oxidation sites excluding steroid dienone is 1. The molecule has 1 aromatic heterocycles. The second-order valence-corrected chi connectivity index (χ2v) is 7.40. The number of halogens is 3. The van der Waals surface area contributed by atoms with Gasteiger partial charge in [-0.05, 0) is 45.3 Å². The Morgan fingerprint density at radius 3 is 2.65 bits per heavy atom. The maximum atomic E-state index is 12.6. The highest BCUT2D eigenvalue weighted by Crippen LogP contribution is 2.28. The van der Waals surface area contributed by atoms with Crippen LogP contribution < -0.4 is 0 Å². The van der Waals surface area contributed by atoms with E-state index in [1.54, 1.807) is 26.0 Å². The molecule has 0 aromatic carbocycles. The van der Waals surface area contributed by atoms with Crippen LogP contribution in [0.25, 0.3) is 6.08 Å². The second-order valence-electron chi connectivity index (χ2n) is 7.40. The smallest absolute Gasteiger partial charge is 0.462 e. The van der Waals surface area contributed by atoms with Crippen LogP contribution in [0.2, 0.25) is 0 Å². The number of fused-ring (bicyclic) bond motifs is 2. The van der Waals surface area contributed by atoms with Crippen molar-refractivity contribution in [2.24, 2.45) is 5.92 Å². The van der Waals surface area contributed by atoms with Crippen LogP contribution in [0.5, 0.6) is 0 Å². The molecular weight excluding hydrogens is 413 g/mol. The van der Waals surface area contributed by atoms with Gasteiger partial charge in [-0.3, -0.25) is 0 Å². The Labute approximate surface area is 179 Å². The third kappa shape index (κ3) is 7.06. The highest BCUT2D eigenvalue weighted by atomic mass is 19.4. The summed E-state index contributed by atoms with van der Waals surface area (Å²) in [5.41, 5.74) is 1.73. The van der Waals surface area contributed by atoms with E-state index in [1.807, 2.05) is 6.92 Å². The second kappa shape index (κ2) is 10.4. The number of alkyl halides is 3. The maximum Gasteiger partial charge on any atom is 0.490 e. The molecular formula is C23H25F3O5. The van der Waals surface area contributed by atoms with Crippen molar-refractivity contribution in [3.8, 4) is 11.8 Å². The van der Waals surface area contributed by atoms with Crippen molar-refractivity contribution >= 4 is 18.0 Å². The molecule has 2 bridgehead atoms. The first kappa shape index (κ1) is 24.3. The Kier molecular flexibility index (Phi) is 8.14. The van der Waals surface area contributed by atoms with Crippen LogP contribution in [0.4, 0.5) is 13.2 Å². The quantitative estimate of drug-likeness (QED) is 0.365. The Hall–Kier alpha value is -2.95. The average molecular weight is 438 g/mol. The molecule has 5 nitrogen and oxygen atoms in total. The van der Waals surface area contributed by atoms with E-state index in [-0.39, 0.29) is 18.9 Å². The van der Waals surface area contributed by atoms with Crippen molar-refractivity contribution in [3.05, 3.63) is 40.9 Å². The fourth-order valence-electron chi connectivity index (χ4n) is 3.15. The number of carbonyl (C=O) groups is 2. The largest absolute Gasteiger partial charge is 0.490 e. The minimum absolute atomic E-state index is 0.0382. The van der Waals surface area contributed by atoms with Crippen LogP contribution in [0.15, 0.2) is 28.2 Å². The fourth-order valence-corrected chi connectivity index (χ4v) is 3.15. The van der Waals surface area contributed by atoms with Gasteiger partial charge in [-0.2, -0.15) is 13.2 Å². The van der Waals surface area contributed by atoms with Gasteiger partial charge in [0, 0.05) is 19.3 Å². The first-order valence-electron chi connectivity index (χ1n) is 9.89. The van der Waals surface area contributed by atoms with Gasteiger partial charge < -0.3 is 13.9 Å². The van der Waals surface area contributed by atoms with Crippen molar-refractivity contribution in [3.63, 3.8) is 0 Å². The van der Waals surface area contributed by atoms with Crippen LogP contribution in [-0.2, 0) is 20.7 Å². The molecule has 1 aliphatic rings. The van der Waals surface area contributed by atoms with Gasteiger partial charge in [0.2, 0.25) is 0 Å². The van der Waals surface area contributed by atoms with Crippen LogP contribution in [0, 0.1) is 17.8 Å². The standard InChI is InChI=1S/C23H25F3O5/c1-5-29-21(27)19-13-18-11-15(4)10-17(31-22(28)23(24,25)26)9-7-6-8-16(14(2)3)12-20(19)30-18/h11,13,16-17H,2,5-6,8,10,12H2,1,3-4H3/b15-11-/t16-,17-/m0/s1. The normalized spacial score (nSPS) is 21.2. The molecule has 1 aliphatic heterocycles. The summed E-state index contributed by atoms with van der Waals surface area (Å²) in [5, 5.41) is 0.